The molecular weight excluding hydrogens is 639 g/mol. The van der Waals surface area contributed by atoms with Gasteiger partial charge in [0.2, 0.25) is 0 Å². The molecular formula is C48H31NOS. The Hall–Kier alpha value is -6.42. The summed E-state index contributed by atoms with van der Waals surface area (Å²) >= 11 is 1.86. The number of thiophene rings is 1. The molecule has 10 aromatic rings. The predicted molar refractivity (Wildman–Crippen MR) is 218 cm³/mol. The molecule has 0 atom stereocenters. The summed E-state index contributed by atoms with van der Waals surface area (Å²) in [6.07, 6.45) is 0. The Morgan fingerprint density at radius 2 is 0.784 bits per heavy atom. The lowest BCUT2D eigenvalue weighted by Crippen LogP contribution is -2.09. The van der Waals surface area contributed by atoms with Crippen molar-refractivity contribution in [3.05, 3.63) is 188 Å². The molecule has 8 aromatic carbocycles. The Morgan fingerprint density at radius 1 is 0.314 bits per heavy atom. The Balaban J connectivity index is 1.08. The van der Waals surface area contributed by atoms with Crippen molar-refractivity contribution in [1.82, 2.24) is 0 Å². The summed E-state index contributed by atoms with van der Waals surface area (Å²) < 4.78 is 8.99. The van der Waals surface area contributed by atoms with Gasteiger partial charge in [-0.05, 0) is 100 Å². The molecule has 51 heavy (non-hydrogen) atoms. The molecule has 2 heterocycles. The normalized spacial score (nSPS) is 11.5. The van der Waals surface area contributed by atoms with Crippen LogP contribution in [0.2, 0.25) is 0 Å². The van der Waals surface area contributed by atoms with Crippen molar-refractivity contribution in [2.75, 3.05) is 4.90 Å². The van der Waals surface area contributed by atoms with E-state index in [0.717, 1.165) is 39.0 Å². The third-order valence-corrected chi connectivity index (χ3v) is 11.0. The molecule has 0 aliphatic rings. The summed E-state index contributed by atoms with van der Waals surface area (Å²) in [7, 11) is 0. The fourth-order valence-corrected chi connectivity index (χ4v) is 8.45. The van der Waals surface area contributed by atoms with Crippen LogP contribution in [0, 0.1) is 0 Å². The van der Waals surface area contributed by atoms with Crippen LogP contribution in [-0.4, -0.2) is 0 Å². The zero-order valence-corrected chi connectivity index (χ0v) is 28.5. The number of rotatable bonds is 6. The van der Waals surface area contributed by atoms with Crippen LogP contribution < -0.4 is 4.90 Å². The highest BCUT2D eigenvalue weighted by Gasteiger charge is 2.17. The molecule has 240 valence electrons. The van der Waals surface area contributed by atoms with Gasteiger partial charge in [-0.1, -0.05) is 121 Å². The monoisotopic (exact) mass is 669 g/mol. The van der Waals surface area contributed by atoms with Crippen molar-refractivity contribution in [3.8, 4) is 33.4 Å². The van der Waals surface area contributed by atoms with Gasteiger partial charge in [-0.2, -0.15) is 0 Å². The highest BCUT2D eigenvalue weighted by Crippen LogP contribution is 2.41. The van der Waals surface area contributed by atoms with Gasteiger partial charge in [-0.15, -0.1) is 11.3 Å². The summed E-state index contributed by atoms with van der Waals surface area (Å²) in [6.45, 7) is 0. The lowest BCUT2D eigenvalue weighted by atomic mass is 10.0. The van der Waals surface area contributed by atoms with Crippen molar-refractivity contribution in [3.63, 3.8) is 0 Å². The third-order valence-electron chi connectivity index (χ3n) is 9.89. The highest BCUT2D eigenvalue weighted by atomic mass is 32.1. The predicted octanol–water partition coefficient (Wildman–Crippen LogP) is 14.4. The maximum absolute atomic E-state index is 6.35. The number of fused-ring (bicyclic) bond motifs is 6. The minimum Gasteiger partial charge on any atom is -0.456 e. The molecule has 3 heteroatoms. The fraction of sp³-hybridized carbons (Fsp3) is 0. The molecule has 0 saturated carbocycles. The summed E-state index contributed by atoms with van der Waals surface area (Å²) in [5, 5.41) is 4.85. The van der Waals surface area contributed by atoms with E-state index in [9.17, 15) is 0 Å². The largest absolute Gasteiger partial charge is 0.456 e. The van der Waals surface area contributed by atoms with Gasteiger partial charge in [-0.25, -0.2) is 0 Å². The van der Waals surface area contributed by atoms with Gasteiger partial charge in [0.05, 0.1) is 0 Å². The van der Waals surface area contributed by atoms with Gasteiger partial charge >= 0.3 is 0 Å². The van der Waals surface area contributed by atoms with E-state index in [1.54, 1.807) is 0 Å². The fourth-order valence-electron chi connectivity index (χ4n) is 7.30. The second-order valence-corrected chi connectivity index (χ2v) is 14.0. The lowest BCUT2D eigenvalue weighted by Gasteiger charge is -2.26. The Kier molecular flexibility index (Phi) is 7.04. The van der Waals surface area contributed by atoms with E-state index < -0.39 is 0 Å². The zero-order chi connectivity index (χ0) is 33.7. The molecule has 0 fully saturated rings. The summed E-state index contributed by atoms with van der Waals surface area (Å²) in [4.78, 5) is 2.34. The van der Waals surface area contributed by atoms with Crippen LogP contribution in [0.3, 0.4) is 0 Å². The van der Waals surface area contributed by atoms with Crippen LogP contribution in [0.1, 0.15) is 0 Å². The second-order valence-electron chi connectivity index (χ2n) is 13.0. The molecule has 0 radical (unpaired) electrons. The van der Waals surface area contributed by atoms with Crippen LogP contribution in [0.25, 0.3) is 75.5 Å². The molecule has 0 saturated heterocycles. The minimum absolute atomic E-state index is 0.880. The first-order chi connectivity index (χ1) is 25.2. The van der Waals surface area contributed by atoms with E-state index >= 15 is 0 Å². The van der Waals surface area contributed by atoms with Crippen molar-refractivity contribution in [2.45, 2.75) is 0 Å². The molecule has 0 amide bonds. The average molecular weight is 670 g/mol. The SMILES string of the molecule is c1ccc(-c2ccc(N(c3ccc(-c4ccc5c(c4)sc4ccccc45)cc3)c3ccc4oc5ccc(-c6ccccc6)cc5c4c3)cc2)cc1. The first-order valence-corrected chi connectivity index (χ1v) is 18.1. The molecule has 0 bridgehead atoms. The molecule has 0 unspecified atom stereocenters. The average Bonchev–Trinajstić information content (AvgIpc) is 3.76. The van der Waals surface area contributed by atoms with E-state index in [2.05, 4.69) is 193 Å². The number of anilines is 3. The first kappa shape index (κ1) is 29.5. The molecule has 0 spiro atoms. The van der Waals surface area contributed by atoms with Gasteiger partial charge < -0.3 is 9.32 Å². The molecule has 2 nitrogen and oxygen atoms in total. The van der Waals surface area contributed by atoms with Crippen molar-refractivity contribution in [2.24, 2.45) is 0 Å². The van der Waals surface area contributed by atoms with E-state index in [0.29, 0.717) is 0 Å². The van der Waals surface area contributed by atoms with Gasteiger partial charge in [0.25, 0.3) is 0 Å². The molecule has 0 aliphatic carbocycles. The first-order valence-electron chi connectivity index (χ1n) is 17.2. The van der Waals surface area contributed by atoms with E-state index in [4.69, 9.17) is 4.42 Å². The molecule has 0 aliphatic heterocycles. The number of furan rings is 1. The zero-order valence-electron chi connectivity index (χ0n) is 27.7. The maximum Gasteiger partial charge on any atom is 0.135 e. The van der Waals surface area contributed by atoms with Crippen molar-refractivity contribution >= 4 is 70.5 Å². The number of nitrogens with zero attached hydrogens (tertiary/aromatic N) is 1. The minimum atomic E-state index is 0.880. The summed E-state index contributed by atoms with van der Waals surface area (Å²) in [5.74, 6) is 0. The molecule has 0 N–H and O–H groups in total. The van der Waals surface area contributed by atoms with Crippen molar-refractivity contribution in [1.29, 1.82) is 0 Å². The lowest BCUT2D eigenvalue weighted by molar-refractivity contribution is 0.669. The van der Waals surface area contributed by atoms with Crippen LogP contribution in [-0.2, 0) is 0 Å². The summed E-state index contributed by atoms with van der Waals surface area (Å²) in [6, 6.07) is 67.4. The van der Waals surface area contributed by atoms with E-state index in [1.165, 1.54) is 53.6 Å². The summed E-state index contributed by atoms with van der Waals surface area (Å²) in [5.41, 5.74) is 12.2. The molecule has 10 rings (SSSR count). The quantitative estimate of drug-likeness (QED) is 0.175. The Labute approximate surface area is 300 Å². The Bertz CT molecular complexity index is 2830. The standard InChI is InChI=1S/C48H31NOS/c1-3-9-32(10-4-1)34-15-21-38(22-16-34)49(39-23-17-35(18-24-39)37-19-26-42-41-13-7-8-14-47(41)51-48(42)30-37)40-25-28-46-44(31-40)43-29-36(20-27-45(43)50-46)33-11-5-2-6-12-33/h1-31H. The van der Waals surface area contributed by atoms with Gasteiger partial charge in [0.15, 0.2) is 0 Å². The van der Waals surface area contributed by atoms with Crippen LogP contribution in [0.5, 0.6) is 0 Å². The van der Waals surface area contributed by atoms with E-state index in [-0.39, 0.29) is 0 Å². The van der Waals surface area contributed by atoms with Gasteiger partial charge in [0.1, 0.15) is 11.2 Å². The van der Waals surface area contributed by atoms with Crippen molar-refractivity contribution < 1.29 is 4.42 Å². The topological polar surface area (TPSA) is 16.4 Å². The highest BCUT2D eigenvalue weighted by molar-refractivity contribution is 7.25. The van der Waals surface area contributed by atoms with Gasteiger partial charge in [-0.3, -0.25) is 0 Å². The van der Waals surface area contributed by atoms with E-state index in [1.807, 2.05) is 11.3 Å². The Morgan fingerprint density at radius 3 is 1.49 bits per heavy atom. The maximum atomic E-state index is 6.35. The van der Waals surface area contributed by atoms with Crippen LogP contribution >= 0.6 is 11.3 Å². The third kappa shape index (κ3) is 5.27. The van der Waals surface area contributed by atoms with Gasteiger partial charge in [0, 0.05) is 48.0 Å². The van der Waals surface area contributed by atoms with Crippen LogP contribution in [0.15, 0.2) is 192 Å². The number of hydrogen-bond acceptors (Lipinski definition) is 3. The second kappa shape index (κ2) is 12.2. The number of benzene rings is 8. The molecule has 2 aromatic heterocycles. The number of hydrogen-bond donors (Lipinski definition) is 0. The van der Waals surface area contributed by atoms with Crippen LogP contribution in [0.4, 0.5) is 17.1 Å². The smallest absolute Gasteiger partial charge is 0.135 e.